The minimum atomic E-state index is -4.68. The first-order valence-electron chi connectivity index (χ1n) is 12.1. The topological polar surface area (TPSA) is 137 Å². The Morgan fingerprint density at radius 3 is 2.44 bits per heavy atom. The average molecular weight is 592 g/mol. The van der Waals surface area contributed by atoms with E-state index in [0.29, 0.717) is 11.1 Å². The van der Waals surface area contributed by atoms with Gasteiger partial charge in [-0.2, -0.15) is 18.4 Å². The largest absolute Gasteiger partial charge is 0.513 e. The number of hydrogen-bond acceptors (Lipinski definition) is 9. The Morgan fingerprint density at radius 1 is 1.17 bits per heavy atom. The summed E-state index contributed by atoms with van der Waals surface area (Å²) in [6, 6.07) is 11.2. The Morgan fingerprint density at radius 2 is 1.85 bits per heavy atom. The predicted molar refractivity (Wildman–Crippen MR) is 140 cm³/mol. The summed E-state index contributed by atoms with van der Waals surface area (Å²) in [5.41, 5.74) is -0.895. The van der Waals surface area contributed by atoms with E-state index in [-0.39, 0.29) is 41.8 Å². The van der Waals surface area contributed by atoms with Crippen LogP contribution in [0.25, 0.3) is 0 Å². The van der Waals surface area contributed by atoms with E-state index in [1.165, 1.54) is 48.2 Å². The number of rotatable bonds is 7. The highest BCUT2D eigenvalue weighted by Gasteiger charge is 2.40. The molecule has 0 bridgehead atoms. The monoisotopic (exact) mass is 591 g/mol. The molecule has 3 aromatic rings. The Labute approximate surface area is 232 Å². The highest BCUT2D eigenvalue weighted by Crippen LogP contribution is 2.43. The van der Waals surface area contributed by atoms with E-state index in [4.69, 9.17) is 4.74 Å². The molecule has 0 amide bonds. The maximum Gasteiger partial charge on any atom is 0.513 e. The van der Waals surface area contributed by atoms with E-state index >= 15 is 0 Å². The van der Waals surface area contributed by atoms with E-state index < -0.39 is 39.5 Å². The summed E-state index contributed by atoms with van der Waals surface area (Å²) in [5.74, 6) is -0.464. The Bertz CT molecular complexity index is 1720. The average Bonchev–Trinajstić information content (AvgIpc) is 3.23. The van der Waals surface area contributed by atoms with Crippen LogP contribution in [0.15, 0.2) is 64.8 Å². The summed E-state index contributed by atoms with van der Waals surface area (Å²) in [4.78, 5) is 27.3. The molecule has 1 aliphatic rings. The third-order valence-corrected chi connectivity index (χ3v) is 7.31. The van der Waals surface area contributed by atoms with Gasteiger partial charge in [0.15, 0.2) is 5.76 Å². The van der Waals surface area contributed by atoms with Crippen LogP contribution in [0.1, 0.15) is 36.1 Å². The molecule has 4 rings (SSSR count). The molecule has 216 valence electrons. The summed E-state index contributed by atoms with van der Waals surface area (Å²) in [5, 5.41) is 13.6. The number of halogens is 3. The lowest BCUT2D eigenvalue weighted by atomic mass is 10.00. The van der Waals surface area contributed by atoms with Gasteiger partial charge in [-0.05, 0) is 49.2 Å². The maximum absolute atomic E-state index is 13.7. The van der Waals surface area contributed by atoms with Crippen molar-refractivity contribution in [2.24, 2.45) is 0 Å². The molecule has 2 heterocycles. The number of aryl methyl sites for hydroxylation is 1. The van der Waals surface area contributed by atoms with Crippen LogP contribution < -0.4 is 10.6 Å². The number of anilines is 2. The lowest BCUT2D eigenvalue weighted by Gasteiger charge is -2.35. The minimum absolute atomic E-state index is 0.0314. The second-order valence-electron chi connectivity index (χ2n) is 9.18. The van der Waals surface area contributed by atoms with Crippen molar-refractivity contribution in [3.05, 3.63) is 87.2 Å². The fraction of sp³-hybridized carbons (Fsp3) is 0.308. The number of nitriles is 1. The fourth-order valence-corrected chi connectivity index (χ4v) is 5.07. The second kappa shape index (κ2) is 11.1. The smallest absolute Gasteiger partial charge is 0.437 e. The molecule has 0 N–H and O–H groups in total. The Balaban J connectivity index is 1.98. The molecule has 2 aromatic carbocycles. The molecule has 41 heavy (non-hydrogen) atoms. The number of carbonyl (C=O) groups excluding carboxylic acids is 1. The maximum atomic E-state index is 13.7. The van der Waals surface area contributed by atoms with Gasteiger partial charge in [0.25, 0.3) is 0 Å². The molecule has 0 saturated heterocycles. The van der Waals surface area contributed by atoms with Crippen LogP contribution in [0.2, 0.25) is 0 Å². The van der Waals surface area contributed by atoms with Crippen LogP contribution in [0, 0.1) is 11.3 Å². The minimum Gasteiger partial charge on any atom is -0.437 e. The summed E-state index contributed by atoms with van der Waals surface area (Å²) in [7, 11) is -2.28. The predicted octanol–water partition coefficient (Wildman–Crippen LogP) is 4.13. The van der Waals surface area contributed by atoms with Crippen LogP contribution in [-0.4, -0.2) is 48.0 Å². The number of allylic oxidation sites excluding steroid dienone is 2. The van der Waals surface area contributed by atoms with Crippen molar-refractivity contribution in [1.29, 1.82) is 5.26 Å². The number of hydrogen-bond donors (Lipinski definition) is 0. The molecular weight excluding hydrogens is 567 g/mol. The van der Waals surface area contributed by atoms with Gasteiger partial charge in [0, 0.05) is 18.5 Å². The van der Waals surface area contributed by atoms with Crippen LogP contribution in [-0.2, 0) is 32.0 Å². The van der Waals surface area contributed by atoms with Gasteiger partial charge in [-0.3, -0.25) is 4.90 Å². The van der Waals surface area contributed by atoms with Gasteiger partial charge >= 0.3 is 18.0 Å². The quantitative estimate of drug-likeness (QED) is 0.372. The SMILES string of the molecule is COC(=O)OC1=C(C)N(c2cccc(C(F)(F)F)c2)c2nn(CCCS(C)(=O)=O)c(=O)n2C1c1ccc(C#N)cc1. The summed E-state index contributed by atoms with van der Waals surface area (Å²) >= 11 is 0. The molecule has 0 saturated carbocycles. The van der Waals surface area contributed by atoms with E-state index in [1.807, 2.05) is 6.07 Å². The first-order chi connectivity index (χ1) is 19.2. The number of nitrogens with zero attached hydrogens (tertiary/aromatic N) is 5. The number of carbonyl (C=O) groups is 1. The third kappa shape index (κ3) is 6.12. The highest BCUT2D eigenvalue weighted by atomic mass is 32.2. The van der Waals surface area contributed by atoms with Crippen molar-refractivity contribution in [2.75, 3.05) is 24.0 Å². The number of sulfone groups is 1. The van der Waals surface area contributed by atoms with Crippen LogP contribution in [0.3, 0.4) is 0 Å². The molecule has 1 aromatic heterocycles. The molecule has 11 nitrogen and oxygen atoms in total. The number of fused-ring (bicyclic) bond motifs is 1. The summed E-state index contributed by atoms with van der Waals surface area (Å²) < 4.78 is 76.4. The molecule has 1 aliphatic heterocycles. The van der Waals surface area contributed by atoms with E-state index in [1.54, 1.807) is 0 Å². The van der Waals surface area contributed by atoms with Gasteiger partial charge < -0.3 is 9.47 Å². The van der Waals surface area contributed by atoms with Gasteiger partial charge in [0.2, 0.25) is 5.95 Å². The van der Waals surface area contributed by atoms with Gasteiger partial charge in [-0.1, -0.05) is 18.2 Å². The number of ether oxygens (including phenoxy) is 2. The van der Waals surface area contributed by atoms with Crippen LogP contribution >= 0.6 is 0 Å². The van der Waals surface area contributed by atoms with Gasteiger partial charge in [-0.25, -0.2) is 27.3 Å². The summed E-state index contributed by atoms with van der Waals surface area (Å²) in [6.45, 7) is 1.36. The van der Waals surface area contributed by atoms with Crippen LogP contribution in [0.4, 0.5) is 29.6 Å². The van der Waals surface area contributed by atoms with Crippen molar-refractivity contribution < 1.29 is 35.9 Å². The lowest BCUT2D eigenvalue weighted by molar-refractivity contribution is -0.137. The molecular formula is C26H24F3N5O6S. The molecule has 15 heteroatoms. The molecule has 0 fully saturated rings. The summed E-state index contributed by atoms with van der Waals surface area (Å²) in [6.07, 6.45) is -4.73. The molecule has 0 spiro atoms. The van der Waals surface area contributed by atoms with Crippen molar-refractivity contribution in [1.82, 2.24) is 14.3 Å². The van der Waals surface area contributed by atoms with Crippen molar-refractivity contribution in [3.63, 3.8) is 0 Å². The molecule has 0 radical (unpaired) electrons. The van der Waals surface area contributed by atoms with Gasteiger partial charge in [0.05, 0.1) is 35.8 Å². The molecule has 0 aliphatic carbocycles. The zero-order valence-corrected chi connectivity index (χ0v) is 22.9. The first-order valence-corrected chi connectivity index (χ1v) is 14.1. The third-order valence-electron chi connectivity index (χ3n) is 6.28. The van der Waals surface area contributed by atoms with E-state index in [2.05, 4.69) is 9.84 Å². The van der Waals surface area contributed by atoms with Gasteiger partial charge in [0.1, 0.15) is 15.9 Å². The highest BCUT2D eigenvalue weighted by molar-refractivity contribution is 7.90. The first kappa shape index (κ1) is 29.4. The van der Waals surface area contributed by atoms with Crippen molar-refractivity contribution in [3.8, 4) is 6.07 Å². The Hall–Kier alpha value is -4.58. The number of benzene rings is 2. The molecule has 1 atom stereocenters. The number of aromatic nitrogens is 3. The zero-order chi connectivity index (χ0) is 30.1. The van der Waals surface area contributed by atoms with Gasteiger partial charge in [-0.15, -0.1) is 5.10 Å². The number of methoxy groups -OCH3 is 1. The van der Waals surface area contributed by atoms with E-state index in [9.17, 15) is 36.4 Å². The number of alkyl halides is 3. The van der Waals surface area contributed by atoms with Crippen LogP contribution in [0.5, 0.6) is 0 Å². The normalized spacial score (nSPS) is 15.3. The second-order valence-corrected chi connectivity index (χ2v) is 11.4. The fourth-order valence-electron chi connectivity index (χ4n) is 4.42. The van der Waals surface area contributed by atoms with Crippen molar-refractivity contribution >= 4 is 27.6 Å². The van der Waals surface area contributed by atoms with E-state index in [0.717, 1.165) is 34.7 Å². The standard InChI is InChI=1S/C26H24F3N5O6S/c1-16-22(40-25(36)39-2)21(18-10-8-17(15-30)9-11-18)34-23(31-32(24(34)35)12-5-13-41(3,37)38)33(16)20-7-4-6-19(14-20)26(27,28)29/h4,6-11,14,21H,5,12-13H2,1-3H3. The molecule has 1 unspecified atom stereocenters. The zero-order valence-electron chi connectivity index (χ0n) is 22.0. The lowest BCUT2D eigenvalue weighted by Crippen LogP contribution is -2.37. The van der Waals surface area contributed by atoms with Crippen molar-refractivity contribution in [2.45, 2.75) is 32.1 Å². The Kier molecular flexibility index (Phi) is 7.98.